The second-order valence-electron chi connectivity index (χ2n) is 9.38. The SMILES string of the molecule is CC(C)c1ccc(S(=O)(=O)N2CC(c3nncn3C3CC3)C3(CCOCC3)C2)cc1. The van der Waals surface area contributed by atoms with Gasteiger partial charge in [-0.05, 0) is 54.7 Å². The van der Waals surface area contributed by atoms with Crippen LogP contribution in [-0.2, 0) is 14.8 Å². The van der Waals surface area contributed by atoms with Gasteiger partial charge in [-0.1, -0.05) is 26.0 Å². The fraction of sp³-hybridized carbons (Fsp3) is 0.636. The number of benzene rings is 1. The van der Waals surface area contributed by atoms with Crippen LogP contribution < -0.4 is 0 Å². The van der Waals surface area contributed by atoms with Crippen molar-refractivity contribution in [3.05, 3.63) is 42.0 Å². The monoisotopic (exact) mass is 430 g/mol. The van der Waals surface area contributed by atoms with Crippen molar-refractivity contribution < 1.29 is 13.2 Å². The van der Waals surface area contributed by atoms with Crippen molar-refractivity contribution >= 4 is 10.0 Å². The summed E-state index contributed by atoms with van der Waals surface area (Å²) in [6, 6.07) is 7.84. The Kier molecular flexibility index (Phi) is 4.99. The molecule has 2 aliphatic heterocycles. The molecule has 1 aliphatic carbocycles. The highest BCUT2D eigenvalue weighted by atomic mass is 32.2. The quantitative estimate of drug-likeness (QED) is 0.727. The van der Waals surface area contributed by atoms with Crippen molar-refractivity contribution in [2.75, 3.05) is 26.3 Å². The van der Waals surface area contributed by atoms with Crippen LogP contribution in [0.1, 0.15) is 68.8 Å². The number of rotatable bonds is 5. The van der Waals surface area contributed by atoms with Crippen molar-refractivity contribution in [3.8, 4) is 0 Å². The first-order valence-corrected chi connectivity index (χ1v) is 12.4. The summed E-state index contributed by atoms with van der Waals surface area (Å²) in [5.41, 5.74) is 1.01. The smallest absolute Gasteiger partial charge is 0.243 e. The number of aromatic nitrogens is 3. The Morgan fingerprint density at radius 2 is 1.83 bits per heavy atom. The maximum Gasteiger partial charge on any atom is 0.243 e. The lowest BCUT2D eigenvalue weighted by atomic mass is 9.72. The Morgan fingerprint density at radius 3 is 2.47 bits per heavy atom. The molecule has 0 radical (unpaired) electrons. The fourth-order valence-corrected chi connectivity index (χ4v) is 6.61. The Labute approximate surface area is 178 Å². The normalized spacial score (nSPS) is 24.7. The molecule has 1 unspecified atom stereocenters. The van der Waals surface area contributed by atoms with Crippen molar-refractivity contribution in [1.82, 2.24) is 19.1 Å². The van der Waals surface area contributed by atoms with Crippen molar-refractivity contribution in [1.29, 1.82) is 0 Å². The summed E-state index contributed by atoms with van der Waals surface area (Å²) in [6.45, 7) is 6.54. The van der Waals surface area contributed by atoms with Crippen LogP contribution >= 0.6 is 0 Å². The van der Waals surface area contributed by atoms with Gasteiger partial charge in [0.15, 0.2) is 0 Å². The lowest BCUT2D eigenvalue weighted by Gasteiger charge is -2.37. The van der Waals surface area contributed by atoms with Gasteiger partial charge >= 0.3 is 0 Å². The van der Waals surface area contributed by atoms with E-state index in [1.54, 1.807) is 16.4 Å². The molecule has 2 aromatic rings. The Bertz CT molecular complexity index is 1010. The Morgan fingerprint density at radius 1 is 1.13 bits per heavy atom. The van der Waals surface area contributed by atoms with Gasteiger partial charge in [-0.15, -0.1) is 10.2 Å². The molecule has 2 saturated heterocycles. The van der Waals surface area contributed by atoms with Gasteiger partial charge in [-0.25, -0.2) is 8.42 Å². The minimum absolute atomic E-state index is 0.0502. The average Bonchev–Trinajstić information content (AvgIpc) is 3.36. The lowest BCUT2D eigenvalue weighted by molar-refractivity contribution is 0.0129. The summed E-state index contributed by atoms with van der Waals surface area (Å²) >= 11 is 0. The van der Waals surface area contributed by atoms with Crippen LogP contribution in [0.25, 0.3) is 0 Å². The maximum absolute atomic E-state index is 13.5. The first-order valence-electron chi connectivity index (χ1n) is 11.0. The van der Waals surface area contributed by atoms with E-state index >= 15 is 0 Å². The molecule has 0 N–H and O–H groups in total. The van der Waals surface area contributed by atoms with Crippen molar-refractivity contribution in [2.24, 2.45) is 5.41 Å². The Balaban J connectivity index is 1.48. The summed E-state index contributed by atoms with van der Waals surface area (Å²) in [5, 5.41) is 8.67. The van der Waals surface area contributed by atoms with Gasteiger partial charge in [0.1, 0.15) is 12.2 Å². The largest absolute Gasteiger partial charge is 0.381 e. The number of ether oxygens (including phenoxy) is 1. The van der Waals surface area contributed by atoms with Crippen LogP contribution in [0.2, 0.25) is 0 Å². The molecule has 5 rings (SSSR count). The summed E-state index contributed by atoms with van der Waals surface area (Å²) in [7, 11) is -3.56. The van der Waals surface area contributed by atoms with Crippen LogP contribution in [-0.4, -0.2) is 53.8 Å². The van der Waals surface area contributed by atoms with E-state index in [2.05, 4.69) is 28.6 Å². The zero-order valence-corrected chi connectivity index (χ0v) is 18.5. The minimum Gasteiger partial charge on any atom is -0.381 e. The summed E-state index contributed by atoms with van der Waals surface area (Å²) < 4.78 is 36.6. The predicted octanol–water partition coefficient (Wildman–Crippen LogP) is 3.32. The predicted molar refractivity (Wildman–Crippen MR) is 113 cm³/mol. The van der Waals surface area contributed by atoms with E-state index in [1.165, 1.54) is 0 Å². The van der Waals surface area contributed by atoms with E-state index in [1.807, 2.05) is 18.5 Å². The number of hydrogen-bond acceptors (Lipinski definition) is 5. The van der Waals surface area contributed by atoms with Crippen LogP contribution in [0.5, 0.6) is 0 Å². The second-order valence-corrected chi connectivity index (χ2v) is 11.3. The van der Waals surface area contributed by atoms with Crippen molar-refractivity contribution in [2.45, 2.75) is 62.3 Å². The van der Waals surface area contributed by atoms with Gasteiger partial charge < -0.3 is 9.30 Å². The highest BCUT2D eigenvalue weighted by Crippen LogP contribution is 2.51. The van der Waals surface area contributed by atoms with Crippen LogP contribution in [0.3, 0.4) is 0 Å². The van der Waals surface area contributed by atoms with Gasteiger partial charge in [-0.3, -0.25) is 0 Å². The molecule has 1 saturated carbocycles. The minimum atomic E-state index is -3.56. The van der Waals surface area contributed by atoms with Gasteiger partial charge in [0.2, 0.25) is 10.0 Å². The third-order valence-electron chi connectivity index (χ3n) is 7.14. The molecule has 0 bridgehead atoms. The molecule has 3 fully saturated rings. The molecular formula is C22H30N4O3S. The Hall–Kier alpha value is -1.77. The van der Waals surface area contributed by atoms with Crippen LogP contribution in [0.15, 0.2) is 35.5 Å². The molecule has 1 aromatic heterocycles. The topological polar surface area (TPSA) is 77.3 Å². The molecule has 3 aliphatic rings. The van der Waals surface area contributed by atoms with Crippen LogP contribution in [0, 0.1) is 5.41 Å². The molecule has 0 amide bonds. The highest BCUT2D eigenvalue weighted by Gasteiger charge is 2.53. The molecule has 1 atom stereocenters. The summed E-state index contributed by atoms with van der Waals surface area (Å²) in [6.07, 6.45) is 5.83. The van der Waals surface area contributed by atoms with Crippen LogP contribution in [0.4, 0.5) is 0 Å². The third-order valence-corrected chi connectivity index (χ3v) is 8.97. The maximum atomic E-state index is 13.5. The van der Waals surface area contributed by atoms with Gasteiger partial charge in [0.25, 0.3) is 0 Å². The molecule has 30 heavy (non-hydrogen) atoms. The molecule has 1 spiro atoms. The number of sulfonamides is 1. The first-order chi connectivity index (χ1) is 14.4. The summed E-state index contributed by atoms with van der Waals surface area (Å²) in [5.74, 6) is 1.37. The second kappa shape index (κ2) is 7.43. The van der Waals surface area contributed by atoms with Gasteiger partial charge in [0.05, 0.1) is 4.90 Å². The van der Waals surface area contributed by atoms with Gasteiger partial charge in [0, 0.05) is 38.3 Å². The summed E-state index contributed by atoms with van der Waals surface area (Å²) in [4.78, 5) is 0.374. The van der Waals surface area contributed by atoms with Crippen molar-refractivity contribution in [3.63, 3.8) is 0 Å². The molecule has 1 aromatic carbocycles. The van der Waals surface area contributed by atoms with E-state index < -0.39 is 10.0 Å². The number of nitrogens with zero attached hydrogens (tertiary/aromatic N) is 4. The molecule has 8 heteroatoms. The third kappa shape index (κ3) is 3.39. The zero-order valence-electron chi connectivity index (χ0n) is 17.7. The van der Waals surface area contributed by atoms with E-state index in [-0.39, 0.29) is 11.3 Å². The van der Waals surface area contributed by atoms with Gasteiger partial charge in [-0.2, -0.15) is 4.31 Å². The zero-order chi connectivity index (χ0) is 20.9. The number of hydrogen-bond donors (Lipinski definition) is 0. The average molecular weight is 431 g/mol. The molecule has 162 valence electrons. The lowest BCUT2D eigenvalue weighted by Crippen LogP contribution is -2.37. The molecule has 3 heterocycles. The van der Waals surface area contributed by atoms with E-state index in [0.29, 0.717) is 43.2 Å². The standard InChI is InChI=1S/C22H30N4O3S/c1-16(2)17-3-7-19(8-4-17)30(27,28)25-13-20(22(14-25)9-11-29-12-10-22)21-24-23-15-26(21)18-5-6-18/h3-4,7-8,15-16,18,20H,5-6,9-14H2,1-2H3. The first kappa shape index (κ1) is 20.2. The van der Waals surface area contributed by atoms with E-state index in [4.69, 9.17) is 4.74 Å². The molecular weight excluding hydrogens is 400 g/mol. The van der Waals surface area contributed by atoms with E-state index in [9.17, 15) is 8.42 Å². The molecule has 7 nitrogen and oxygen atoms in total. The van der Waals surface area contributed by atoms with E-state index in [0.717, 1.165) is 37.1 Å². The fourth-order valence-electron chi connectivity index (χ4n) is 5.06. The highest BCUT2D eigenvalue weighted by molar-refractivity contribution is 7.89.